The molecule has 1 fully saturated rings. The molecular weight excluding hydrogens is 385 g/mol. The molecule has 0 bridgehead atoms. The van der Waals surface area contributed by atoms with E-state index in [4.69, 9.17) is 4.74 Å². The van der Waals surface area contributed by atoms with Gasteiger partial charge >= 0.3 is 18.0 Å². The van der Waals surface area contributed by atoms with E-state index in [-0.39, 0.29) is 25.5 Å². The van der Waals surface area contributed by atoms with Crippen LogP contribution in [-0.4, -0.2) is 63.9 Å². The number of hydrogen-bond donors (Lipinski definition) is 1. The molecule has 12 heteroatoms. The van der Waals surface area contributed by atoms with E-state index in [2.05, 4.69) is 4.98 Å². The minimum Gasteiger partial charge on any atom is -0.444 e. The van der Waals surface area contributed by atoms with Crippen LogP contribution in [0.2, 0.25) is 0 Å². The van der Waals surface area contributed by atoms with Crippen molar-refractivity contribution in [2.75, 3.05) is 31.1 Å². The summed E-state index contributed by atoms with van der Waals surface area (Å²) >= 11 is 0. The lowest BCUT2D eigenvalue weighted by atomic mass is 10.1. The highest BCUT2D eigenvalue weighted by Crippen LogP contribution is 2.35. The summed E-state index contributed by atoms with van der Waals surface area (Å²) in [6.07, 6.45) is -4.88. The Morgan fingerprint density at radius 2 is 2.04 bits per heavy atom. The van der Waals surface area contributed by atoms with Crippen molar-refractivity contribution >= 4 is 17.6 Å². The predicted octanol–water partition coefficient (Wildman–Crippen LogP) is 2.43. The van der Waals surface area contributed by atoms with E-state index >= 15 is 0 Å². The van der Waals surface area contributed by atoms with Crippen LogP contribution < -0.4 is 4.90 Å². The lowest BCUT2D eigenvalue weighted by Crippen LogP contribution is -2.57. The quantitative estimate of drug-likeness (QED) is 0.606. The van der Waals surface area contributed by atoms with Crippen molar-refractivity contribution in [1.82, 2.24) is 9.88 Å². The molecule has 1 aromatic heterocycles. The number of halogens is 3. The summed E-state index contributed by atoms with van der Waals surface area (Å²) in [7, 11) is 0. The maximum atomic E-state index is 12.8. The van der Waals surface area contributed by atoms with E-state index in [0.717, 1.165) is 0 Å². The minimum atomic E-state index is -4.78. The highest BCUT2D eigenvalue weighted by Gasteiger charge is 2.38. The number of carbonyl (C=O) groups excluding carboxylic acids is 1. The Morgan fingerprint density at radius 1 is 1.39 bits per heavy atom. The second kappa shape index (κ2) is 7.78. The Morgan fingerprint density at radius 3 is 2.54 bits per heavy atom. The van der Waals surface area contributed by atoms with Crippen LogP contribution in [0.5, 0.6) is 0 Å². The number of amides is 1. The summed E-state index contributed by atoms with van der Waals surface area (Å²) in [5.41, 5.74) is -2.79. The van der Waals surface area contributed by atoms with Crippen molar-refractivity contribution in [3.8, 4) is 0 Å². The molecule has 0 spiro atoms. The molecule has 1 aliphatic heterocycles. The molecule has 0 aliphatic carbocycles. The minimum absolute atomic E-state index is 0.0225. The molecule has 1 aromatic rings. The number of ether oxygens (including phenoxy) is 1. The molecule has 0 aromatic carbocycles. The lowest BCUT2D eigenvalue weighted by Gasteiger charge is -2.41. The number of aromatic nitrogens is 1. The van der Waals surface area contributed by atoms with Crippen LogP contribution >= 0.6 is 0 Å². The van der Waals surface area contributed by atoms with Crippen LogP contribution in [0.4, 0.5) is 29.5 Å². The van der Waals surface area contributed by atoms with Crippen molar-refractivity contribution in [2.45, 2.75) is 38.6 Å². The maximum absolute atomic E-state index is 12.8. The number of piperazine rings is 1. The van der Waals surface area contributed by atoms with Crippen molar-refractivity contribution in [3.05, 3.63) is 27.9 Å². The van der Waals surface area contributed by atoms with E-state index in [9.17, 15) is 33.2 Å². The summed E-state index contributed by atoms with van der Waals surface area (Å²) in [4.78, 5) is 28.8. The number of nitrogens with zero attached hydrogens (tertiary/aromatic N) is 4. The predicted molar refractivity (Wildman–Crippen MR) is 91.9 cm³/mol. The summed E-state index contributed by atoms with van der Waals surface area (Å²) in [5.74, 6) is -0.291. The van der Waals surface area contributed by atoms with Gasteiger partial charge in [-0.05, 0) is 20.8 Å². The third-order valence-corrected chi connectivity index (χ3v) is 3.99. The second-order valence-corrected chi connectivity index (χ2v) is 7.28. The average Bonchev–Trinajstić information content (AvgIpc) is 2.58. The molecule has 9 nitrogen and oxygen atoms in total. The third-order valence-electron chi connectivity index (χ3n) is 3.99. The van der Waals surface area contributed by atoms with Gasteiger partial charge in [0.2, 0.25) is 5.82 Å². The van der Waals surface area contributed by atoms with E-state index in [0.29, 0.717) is 12.3 Å². The van der Waals surface area contributed by atoms with Crippen LogP contribution in [0.3, 0.4) is 0 Å². The zero-order chi connectivity index (χ0) is 21.3. The first kappa shape index (κ1) is 21.7. The maximum Gasteiger partial charge on any atom is 0.418 e. The first-order valence-electron chi connectivity index (χ1n) is 8.40. The summed E-state index contributed by atoms with van der Waals surface area (Å²) < 4.78 is 43.8. The van der Waals surface area contributed by atoms with Crippen molar-refractivity contribution in [1.29, 1.82) is 0 Å². The first-order chi connectivity index (χ1) is 12.8. The molecule has 1 aliphatic rings. The number of aliphatic hydroxyl groups is 1. The van der Waals surface area contributed by atoms with Crippen LogP contribution in [0.15, 0.2) is 12.3 Å². The van der Waals surface area contributed by atoms with Gasteiger partial charge in [0, 0.05) is 31.9 Å². The van der Waals surface area contributed by atoms with Gasteiger partial charge in [0.1, 0.15) is 5.60 Å². The molecule has 1 atom stereocenters. The monoisotopic (exact) mass is 406 g/mol. The largest absolute Gasteiger partial charge is 0.444 e. The molecular formula is C16H21F3N4O5. The average molecular weight is 406 g/mol. The van der Waals surface area contributed by atoms with Crippen LogP contribution in [0.25, 0.3) is 0 Å². The fourth-order valence-corrected chi connectivity index (χ4v) is 2.74. The van der Waals surface area contributed by atoms with Gasteiger partial charge in [-0.15, -0.1) is 0 Å². The number of anilines is 1. The molecule has 28 heavy (non-hydrogen) atoms. The van der Waals surface area contributed by atoms with Crippen molar-refractivity contribution < 1.29 is 32.7 Å². The summed E-state index contributed by atoms with van der Waals surface area (Å²) in [6.45, 7) is 4.71. The fourth-order valence-electron chi connectivity index (χ4n) is 2.74. The molecule has 156 valence electrons. The standard InChI is InChI=1S/C16H21F3N4O5/c1-15(2,3)28-14(25)21-4-5-22(11(8-21)9-24)13-12(23(26)27)6-10(7-20-13)16(17,18)19/h6-7,11,24H,4-5,8-9H2,1-3H3/t11-/m1/s1. The number of aliphatic hydroxyl groups excluding tert-OH is 1. The van der Waals surface area contributed by atoms with Crippen LogP contribution in [0.1, 0.15) is 26.3 Å². The Kier molecular flexibility index (Phi) is 6.02. The van der Waals surface area contributed by atoms with E-state index in [1.807, 2.05) is 0 Å². The highest BCUT2D eigenvalue weighted by molar-refractivity contribution is 5.69. The zero-order valence-corrected chi connectivity index (χ0v) is 15.6. The summed E-state index contributed by atoms with van der Waals surface area (Å²) in [6, 6.07) is -0.374. The first-order valence-corrected chi connectivity index (χ1v) is 8.40. The molecule has 0 unspecified atom stereocenters. The highest BCUT2D eigenvalue weighted by atomic mass is 19.4. The van der Waals surface area contributed by atoms with Crippen LogP contribution in [0, 0.1) is 10.1 Å². The Labute approximate surface area is 158 Å². The van der Waals surface area contributed by atoms with Gasteiger partial charge in [0.25, 0.3) is 0 Å². The fraction of sp³-hybridized carbons (Fsp3) is 0.625. The number of carbonyl (C=O) groups is 1. The summed E-state index contributed by atoms with van der Waals surface area (Å²) in [5, 5.41) is 21.0. The topological polar surface area (TPSA) is 109 Å². The molecule has 1 N–H and O–H groups in total. The lowest BCUT2D eigenvalue weighted by molar-refractivity contribution is -0.384. The SMILES string of the molecule is CC(C)(C)OC(=O)N1CCN(c2ncc(C(F)(F)F)cc2[N+](=O)[O-])[C@@H](CO)C1. The number of pyridine rings is 1. The Balaban J connectivity index is 2.29. The van der Waals surface area contributed by atoms with Gasteiger partial charge in [-0.2, -0.15) is 13.2 Å². The van der Waals surface area contributed by atoms with Gasteiger partial charge in [-0.3, -0.25) is 10.1 Å². The van der Waals surface area contributed by atoms with E-state index < -0.39 is 46.7 Å². The third kappa shape index (κ3) is 5.00. The molecule has 2 rings (SSSR count). The van der Waals surface area contributed by atoms with Gasteiger partial charge in [0.05, 0.1) is 23.1 Å². The van der Waals surface area contributed by atoms with E-state index in [1.54, 1.807) is 20.8 Å². The molecule has 0 radical (unpaired) electrons. The number of alkyl halides is 3. The Hall–Kier alpha value is -2.63. The Bertz CT molecular complexity index is 751. The normalized spacial score (nSPS) is 18.2. The molecule has 0 saturated carbocycles. The van der Waals surface area contributed by atoms with Gasteiger partial charge in [0.15, 0.2) is 0 Å². The van der Waals surface area contributed by atoms with E-state index in [1.165, 1.54) is 9.80 Å². The zero-order valence-electron chi connectivity index (χ0n) is 15.6. The van der Waals surface area contributed by atoms with Gasteiger partial charge in [-0.1, -0.05) is 0 Å². The number of hydrogen-bond acceptors (Lipinski definition) is 7. The second-order valence-electron chi connectivity index (χ2n) is 7.28. The van der Waals surface area contributed by atoms with Gasteiger partial charge in [-0.25, -0.2) is 9.78 Å². The van der Waals surface area contributed by atoms with Gasteiger partial charge < -0.3 is 19.6 Å². The van der Waals surface area contributed by atoms with Crippen molar-refractivity contribution in [2.24, 2.45) is 0 Å². The molecule has 1 amide bonds. The smallest absolute Gasteiger partial charge is 0.418 e. The van der Waals surface area contributed by atoms with Crippen molar-refractivity contribution in [3.63, 3.8) is 0 Å². The number of nitro groups is 1. The number of rotatable bonds is 3. The van der Waals surface area contributed by atoms with Crippen LogP contribution in [-0.2, 0) is 10.9 Å². The molecule has 1 saturated heterocycles. The molecule has 2 heterocycles.